The van der Waals surface area contributed by atoms with E-state index in [4.69, 9.17) is 16.7 Å². The number of carbonyl (C=O) groups is 1. The standard InChI is InChI=1S/C15H20ClNO2/c1-10(13-7-2-3-8-14(13)16)17-12-6-4-5-11(9-12)15(18)19/h2-3,7-8,10-12,17H,4-6,9H2,1H3,(H,18,19). The minimum Gasteiger partial charge on any atom is -0.481 e. The number of carboxylic acid groups (broad SMARTS) is 1. The second kappa shape index (κ2) is 6.40. The Morgan fingerprint density at radius 1 is 1.42 bits per heavy atom. The van der Waals surface area contributed by atoms with Gasteiger partial charge in [-0.3, -0.25) is 4.79 Å². The highest BCUT2D eigenvalue weighted by Crippen LogP contribution is 2.28. The van der Waals surface area contributed by atoms with Crippen LogP contribution in [0.2, 0.25) is 5.02 Å². The summed E-state index contributed by atoms with van der Waals surface area (Å²) >= 11 is 6.18. The molecule has 1 saturated carbocycles. The first-order valence-corrected chi connectivity index (χ1v) is 7.19. The third kappa shape index (κ3) is 3.71. The van der Waals surface area contributed by atoms with Gasteiger partial charge in [0, 0.05) is 17.1 Å². The number of rotatable bonds is 4. The molecule has 1 aliphatic rings. The monoisotopic (exact) mass is 281 g/mol. The highest BCUT2D eigenvalue weighted by Gasteiger charge is 2.27. The second-order valence-corrected chi connectivity index (χ2v) is 5.72. The number of aliphatic carboxylic acids is 1. The largest absolute Gasteiger partial charge is 0.481 e. The van der Waals surface area contributed by atoms with Gasteiger partial charge in [-0.05, 0) is 37.8 Å². The van der Waals surface area contributed by atoms with Crippen LogP contribution < -0.4 is 5.32 Å². The van der Waals surface area contributed by atoms with Gasteiger partial charge in [0.15, 0.2) is 0 Å². The van der Waals surface area contributed by atoms with Gasteiger partial charge in [-0.25, -0.2) is 0 Å². The topological polar surface area (TPSA) is 49.3 Å². The van der Waals surface area contributed by atoms with E-state index < -0.39 is 5.97 Å². The van der Waals surface area contributed by atoms with E-state index in [1.165, 1.54) is 0 Å². The Morgan fingerprint density at radius 3 is 2.84 bits per heavy atom. The van der Waals surface area contributed by atoms with Crippen LogP contribution in [0, 0.1) is 5.92 Å². The van der Waals surface area contributed by atoms with Gasteiger partial charge in [-0.15, -0.1) is 0 Å². The van der Waals surface area contributed by atoms with E-state index in [1.807, 2.05) is 24.3 Å². The lowest BCUT2D eigenvalue weighted by molar-refractivity contribution is -0.143. The van der Waals surface area contributed by atoms with Crippen molar-refractivity contribution in [3.8, 4) is 0 Å². The molecular weight excluding hydrogens is 262 g/mol. The molecule has 0 bridgehead atoms. The van der Waals surface area contributed by atoms with Crippen LogP contribution in [0.5, 0.6) is 0 Å². The molecular formula is C15H20ClNO2. The summed E-state index contributed by atoms with van der Waals surface area (Å²) in [5, 5.41) is 13.4. The average Bonchev–Trinajstić information content (AvgIpc) is 2.39. The molecule has 0 amide bonds. The van der Waals surface area contributed by atoms with E-state index in [-0.39, 0.29) is 18.0 Å². The fourth-order valence-corrected chi connectivity index (χ4v) is 3.13. The molecule has 3 unspecified atom stereocenters. The Kier molecular flexibility index (Phi) is 4.83. The minimum absolute atomic E-state index is 0.145. The van der Waals surface area contributed by atoms with Gasteiger partial charge in [-0.2, -0.15) is 0 Å². The molecule has 0 radical (unpaired) electrons. The smallest absolute Gasteiger partial charge is 0.306 e. The predicted octanol–water partition coefficient (Wildman–Crippen LogP) is 3.63. The number of hydrogen-bond donors (Lipinski definition) is 2. The number of halogens is 1. The average molecular weight is 282 g/mol. The van der Waals surface area contributed by atoms with Crippen LogP contribution in [0.25, 0.3) is 0 Å². The summed E-state index contributed by atoms with van der Waals surface area (Å²) in [6.07, 6.45) is 3.53. The summed E-state index contributed by atoms with van der Waals surface area (Å²) in [6.45, 7) is 2.07. The van der Waals surface area contributed by atoms with Gasteiger partial charge in [-0.1, -0.05) is 36.2 Å². The fourth-order valence-electron chi connectivity index (χ4n) is 2.84. The Hall–Kier alpha value is -1.06. The Bertz CT molecular complexity index is 450. The zero-order valence-corrected chi connectivity index (χ0v) is 11.9. The summed E-state index contributed by atoms with van der Waals surface area (Å²) in [7, 11) is 0. The number of carboxylic acids is 1. The van der Waals surface area contributed by atoms with E-state index in [0.717, 1.165) is 29.8 Å². The third-order valence-corrected chi connectivity index (χ3v) is 4.23. The van der Waals surface area contributed by atoms with Gasteiger partial charge in [0.1, 0.15) is 0 Å². The first kappa shape index (κ1) is 14.4. The molecule has 4 heteroatoms. The van der Waals surface area contributed by atoms with Crippen molar-refractivity contribution in [2.24, 2.45) is 5.92 Å². The van der Waals surface area contributed by atoms with Crippen LogP contribution in [0.4, 0.5) is 0 Å². The first-order chi connectivity index (χ1) is 9.08. The highest BCUT2D eigenvalue weighted by atomic mass is 35.5. The summed E-state index contributed by atoms with van der Waals surface area (Å²) in [5.41, 5.74) is 1.07. The molecule has 1 aliphatic carbocycles. The van der Waals surface area contributed by atoms with E-state index in [2.05, 4.69) is 12.2 Å². The van der Waals surface area contributed by atoms with Crippen molar-refractivity contribution < 1.29 is 9.90 Å². The van der Waals surface area contributed by atoms with Crippen molar-refractivity contribution in [1.29, 1.82) is 0 Å². The molecule has 0 saturated heterocycles. The summed E-state index contributed by atoms with van der Waals surface area (Å²) in [4.78, 5) is 11.1. The summed E-state index contributed by atoms with van der Waals surface area (Å²) in [6, 6.07) is 8.19. The van der Waals surface area contributed by atoms with Gasteiger partial charge in [0.25, 0.3) is 0 Å². The zero-order chi connectivity index (χ0) is 13.8. The SMILES string of the molecule is CC(NC1CCCC(C(=O)O)C1)c1ccccc1Cl. The van der Waals surface area contributed by atoms with E-state index in [1.54, 1.807) is 0 Å². The molecule has 0 aromatic heterocycles. The van der Waals surface area contributed by atoms with E-state index >= 15 is 0 Å². The lowest BCUT2D eigenvalue weighted by Crippen LogP contribution is -2.37. The van der Waals surface area contributed by atoms with Gasteiger partial charge >= 0.3 is 5.97 Å². The molecule has 3 nitrogen and oxygen atoms in total. The van der Waals surface area contributed by atoms with Gasteiger partial charge in [0.05, 0.1) is 5.92 Å². The Balaban J connectivity index is 1.97. The number of nitrogens with one attached hydrogen (secondary N) is 1. The molecule has 0 aliphatic heterocycles. The molecule has 2 N–H and O–H groups in total. The van der Waals surface area contributed by atoms with E-state index in [9.17, 15) is 4.79 Å². The molecule has 1 aromatic carbocycles. The van der Waals surface area contributed by atoms with Crippen LogP contribution in [0.15, 0.2) is 24.3 Å². The van der Waals surface area contributed by atoms with Crippen LogP contribution in [-0.4, -0.2) is 17.1 Å². The van der Waals surface area contributed by atoms with Gasteiger partial charge in [0.2, 0.25) is 0 Å². The van der Waals surface area contributed by atoms with Crippen molar-refractivity contribution in [1.82, 2.24) is 5.32 Å². The quantitative estimate of drug-likeness (QED) is 0.886. The lowest BCUT2D eigenvalue weighted by atomic mass is 9.85. The zero-order valence-electron chi connectivity index (χ0n) is 11.1. The molecule has 104 valence electrons. The van der Waals surface area contributed by atoms with Crippen molar-refractivity contribution in [2.75, 3.05) is 0 Å². The molecule has 19 heavy (non-hydrogen) atoms. The Morgan fingerprint density at radius 2 is 2.16 bits per heavy atom. The highest BCUT2D eigenvalue weighted by molar-refractivity contribution is 6.31. The maximum atomic E-state index is 11.1. The number of benzene rings is 1. The Labute approximate surface area is 119 Å². The maximum absolute atomic E-state index is 11.1. The molecule has 1 aromatic rings. The van der Waals surface area contributed by atoms with E-state index in [0.29, 0.717) is 6.42 Å². The predicted molar refractivity (Wildman–Crippen MR) is 76.4 cm³/mol. The van der Waals surface area contributed by atoms with Crippen LogP contribution in [0.1, 0.15) is 44.2 Å². The molecule has 3 atom stereocenters. The third-order valence-electron chi connectivity index (χ3n) is 3.88. The van der Waals surface area contributed by atoms with Crippen molar-refractivity contribution in [2.45, 2.75) is 44.7 Å². The second-order valence-electron chi connectivity index (χ2n) is 5.31. The van der Waals surface area contributed by atoms with Crippen molar-refractivity contribution in [3.63, 3.8) is 0 Å². The fraction of sp³-hybridized carbons (Fsp3) is 0.533. The van der Waals surface area contributed by atoms with Crippen LogP contribution in [-0.2, 0) is 4.79 Å². The molecule has 1 fully saturated rings. The molecule has 0 spiro atoms. The molecule has 0 heterocycles. The number of hydrogen-bond acceptors (Lipinski definition) is 2. The van der Waals surface area contributed by atoms with Crippen molar-refractivity contribution >= 4 is 17.6 Å². The summed E-state index contributed by atoms with van der Waals surface area (Å²) in [5.74, 6) is -0.874. The summed E-state index contributed by atoms with van der Waals surface area (Å²) < 4.78 is 0. The van der Waals surface area contributed by atoms with Gasteiger partial charge < -0.3 is 10.4 Å². The van der Waals surface area contributed by atoms with Crippen molar-refractivity contribution in [3.05, 3.63) is 34.9 Å². The lowest BCUT2D eigenvalue weighted by Gasteiger charge is -2.30. The normalized spacial score (nSPS) is 24.9. The minimum atomic E-state index is -0.670. The maximum Gasteiger partial charge on any atom is 0.306 e. The van der Waals surface area contributed by atoms with Crippen LogP contribution in [0.3, 0.4) is 0 Å². The van der Waals surface area contributed by atoms with Crippen LogP contribution >= 0.6 is 11.6 Å². The first-order valence-electron chi connectivity index (χ1n) is 6.81. The molecule has 2 rings (SSSR count).